The summed E-state index contributed by atoms with van der Waals surface area (Å²) in [5, 5.41) is 12.7. The maximum atomic E-state index is 11.2. The highest BCUT2D eigenvalue weighted by Crippen LogP contribution is 2.24. The Morgan fingerprint density at radius 2 is 2.24 bits per heavy atom. The number of likely N-dealkylation sites (N-methyl/N-ethyl adjacent to an activating group) is 1. The van der Waals surface area contributed by atoms with E-state index in [4.69, 9.17) is 4.42 Å². The minimum Gasteiger partial charge on any atom is -0.480 e. The maximum absolute atomic E-state index is 11.2. The van der Waals surface area contributed by atoms with Gasteiger partial charge in [0.25, 0.3) is 5.22 Å². The van der Waals surface area contributed by atoms with Crippen LogP contribution < -0.4 is 5.32 Å². The predicted octanol–water partition coefficient (Wildman–Crippen LogP) is 1.84. The van der Waals surface area contributed by atoms with Crippen LogP contribution in [-0.2, 0) is 4.79 Å². The Morgan fingerprint density at radius 3 is 2.65 bits per heavy atom. The SMILES string of the molecule is CCNC(C)(CSc1nc(C)c(C)o1)C(=O)O. The number of carboxylic acids is 1. The second-order valence-electron chi connectivity index (χ2n) is 4.08. The summed E-state index contributed by atoms with van der Waals surface area (Å²) in [7, 11) is 0. The molecule has 1 heterocycles. The molecule has 1 atom stereocenters. The van der Waals surface area contributed by atoms with E-state index >= 15 is 0 Å². The number of carboxylic acid groups (broad SMARTS) is 1. The van der Waals surface area contributed by atoms with Gasteiger partial charge in [0.05, 0.1) is 5.69 Å². The minimum absolute atomic E-state index is 0.371. The Bertz CT molecular complexity index is 386. The van der Waals surface area contributed by atoms with Crippen LogP contribution in [0.2, 0.25) is 0 Å². The normalized spacial score (nSPS) is 14.6. The smallest absolute Gasteiger partial charge is 0.324 e. The fourth-order valence-electron chi connectivity index (χ4n) is 1.29. The Balaban J connectivity index is 2.67. The molecule has 0 saturated carbocycles. The fourth-order valence-corrected chi connectivity index (χ4v) is 2.31. The molecule has 1 rings (SSSR count). The average molecular weight is 258 g/mol. The fraction of sp³-hybridized carbons (Fsp3) is 0.636. The van der Waals surface area contributed by atoms with E-state index in [0.717, 1.165) is 11.5 Å². The van der Waals surface area contributed by atoms with Crippen molar-refractivity contribution in [1.29, 1.82) is 0 Å². The van der Waals surface area contributed by atoms with E-state index in [-0.39, 0.29) is 0 Å². The summed E-state index contributed by atoms with van der Waals surface area (Å²) in [6.07, 6.45) is 0. The number of oxazole rings is 1. The number of aryl methyl sites for hydroxylation is 2. The maximum Gasteiger partial charge on any atom is 0.324 e. The number of nitrogens with one attached hydrogen (secondary N) is 1. The molecule has 0 spiro atoms. The first-order valence-electron chi connectivity index (χ1n) is 5.44. The van der Waals surface area contributed by atoms with Gasteiger partial charge in [-0.05, 0) is 27.3 Å². The van der Waals surface area contributed by atoms with Crippen LogP contribution in [0.1, 0.15) is 25.3 Å². The van der Waals surface area contributed by atoms with Crippen molar-refractivity contribution in [3.05, 3.63) is 11.5 Å². The molecule has 6 heteroatoms. The van der Waals surface area contributed by atoms with Crippen molar-refractivity contribution in [1.82, 2.24) is 10.3 Å². The van der Waals surface area contributed by atoms with Crippen LogP contribution in [0, 0.1) is 13.8 Å². The lowest BCUT2D eigenvalue weighted by Crippen LogP contribution is -2.51. The third-order valence-corrected chi connectivity index (χ3v) is 3.68. The van der Waals surface area contributed by atoms with Crippen LogP contribution in [0.25, 0.3) is 0 Å². The summed E-state index contributed by atoms with van der Waals surface area (Å²) in [4.78, 5) is 15.4. The lowest BCUT2D eigenvalue weighted by molar-refractivity contribution is -0.143. The van der Waals surface area contributed by atoms with Crippen LogP contribution in [-0.4, -0.2) is 33.9 Å². The van der Waals surface area contributed by atoms with Crippen molar-refractivity contribution in [2.24, 2.45) is 0 Å². The highest BCUT2D eigenvalue weighted by Gasteiger charge is 2.32. The molecule has 0 saturated heterocycles. The Kier molecular flexibility index (Phi) is 4.59. The van der Waals surface area contributed by atoms with Gasteiger partial charge in [-0.3, -0.25) is 4.79 Å². The number of hydrogen-bond acceptors (Lipinski definition) is 5. The van der Waals surface area contributed by atoms with Crippen molar-refractivity contribution in [3.8, 4) is 0 Å². The number of carbonyl (C=O) groups is 1. The van der Waals surface area contributed by atoms with Gasteiger partial charge in [0.15, 0.2) is 0 Å². The van der Waals surface area contributed by atoms with E-state index in [2.05, 4.69) is 10.3 Å². The number of aliphatic carboxylic acids is 1. The largest absolute Gasteiger partial charge is 0.480 e. The van der Waals surface area contributed by atoms with Crippen molar-refractivity contribution in [2.45, 2.75) is 38.5 Å². The Labute approximate surface area is 105 Å². The lowest BCUT2D eigenvalue weighted by atomic mass is 10.1. The molecule has 1 unspecified atom stereocenters. The molecule has 0 aromatic carbocycles. The lowest BCUT2D eigenvalue weighted by Gasteiger charge is -2.24. The predicted molar refractivity (Wildman–Crippen MR) is 66.4 cm³/mol. The summed E-state index contributed by atoms with van der Waals surface area (Å²) in [5.41, 5.74) is -0.122. The number of rotatable bonds is 6. The molecule has 0 aliphatic carbocycles. The van der Waals surface area contributed by atoms with Gasteiger partial charge < -0.3 is 14.8 Å². The van der Waals surface area contributed by atoms with E-state index in [1.165, 1.54) is 11.8 Å². The van der Waals surface area contributed by atoms with Crippen LogP contribution in [0.4, 0.5) is 0 Å². The first-order chi connectivity index (χ1) is 7.89. The van der Waals surface area contributed by atoms with Crippen LogP contribution in [0.3, 0.4) is 0 Å². The van der Waals surface area contributed by atoms with Gasteiger partial charge in [0, 0.05) is 5.75 Å². The van der Waals surface area contributed by atoms with Gasteiger partial charge in [0.1, 0.15) is 11.3 Å². The van der Waals surface area contributed by atoms with Crippen LogP contribution in [0.5, 0.6) is 0 Å². The zero-order valence-electron chi connectivity index (χ0n) is 10.5. The zero-order chi connectivity index (χ0) is 13.1. The third-order valence-electron chi connectivity index (χ3n) is 2.53. The molecule has 0 fully saturated rings. The van der Waals surface area contributed by atoms with Crippen molar-refractivity contribution in [2.75, 3.05) is 12.3 Å². The number of aromatic nitrogens is 1. The summed E-state index contributed by atoms with van der Waals surface area (Å²) in [6, 6.07) is 0. The molecule has 0 amide bonds. The monoisotopic (exact) mass is 258 g/mol. The quantitative estimate of drug-likeness (QED) is 0.758. The molecule has 96 valence electrons. The van der Waals surface area contributed by atoms with E-state index in [1.807, 2.05) is 20.8 Å². The highest BCUT2D eigenvalue weighted by molar-refractivity contribution is 7.99. The molecule has 17 heavy (non-hydrogen) atoms. The number of hydrogen-bond donors (Lipinski definition) is 2. The standard InChI is InChI=1S/C11H18N2O3S/c1-5-12-11(4,9(14)15)6-17-10-13-7(2)8(3)16-10/h12H,5-6H2,1-4H3,(H,14,15). The number of thioether (sulfide) groups is 1. The first-order valence-corrected chi connectivity index (χ1v) is 6.43. The minimum atomic E-state index is -0.963. The van der Waals surface area contributed by atoms with Gasteiger partial charge in [-0.25, -0.2) is 4.98 Å². The molecule has 1 aromatic heterocycles. The molecular formula is C11H18N2O3S. The molecule has 0 bridgehead atoms. The molecule has 2 N–H and O–H groups in total. The van der Waals surface area contributed by atoms with E-state index in [1.54, 1.807) is 6.92 Å². The second-order valence-corrected chi connectivity index (χ2v) is 5.00. The Morgan fingerprint density at radius 1 is 1.59 bits per heavy atom. The van der Waals surface area contributed by atoms with Crippen LogP contribution >= 0.6 is 11.8 Å². The zero-order valence-corrected chi connectivity index (χ0v) is 11.3. The van der Waals surface area contributed by atoms with Gasteiger partial charge in [-0.2, -0.15) is 0 Å². The van der Waals surface area contributed by atoms with Gasteiger partial charge in [-0.1, -0.05) is 18.7 Å². The molecule has 0 aliphatic rings. The molecule has 0 radical (unpaired) electrons. The van der Waals surface area contributed by atoms with E-state index in [0.29, 0.717) is 17.5 Å². The third kappa shape index (κ3) is 3.47. The van der Waals surface area contributed by atoms with Crippen molar-refractivity contribution < 1.29 is 14.3 Å². The molecule has 0 aliphatic heterocycles. The van der Waals surface area contributed by atoms with E-state index < -0.39 is 11.5 Å². The van der Waals surface area contributed by atoms with Crippen molar-refractivity contribution >= 4 is 17.7 Å². The van der Waals surface area contributed by atoms with E-state index in [9.17, 15) is 9.90 Å². The number of nitrogens with zero attached hydrogens (tertiary/aromatic N) is 1. The molecule has 1 aromatic rings. The summed E-state index contributed by atoms with van der Waals surface area (Å²) < 4.78 is 5.40. The summed E-state index contributed by atoms with van der Waals surface area (Å²) >= 11 is 1.31. The van der Waals surface area contributed by atoms with Gasteiger partial charge >= 0.3 is 5.97 Å². The Hall–Kier alpha value is -1.01. The van der Waals surface area contributed by atoms with Crippen molar-refractivity contribution in [3.63, 3.8) is 0 Å². The molecular weight excluding hydrogens is 240 g/mol. The first kappa shape index (κ1) is 14.1. The summed E-state index contributed by atoms with van der Waals surface area (Å²) in [5.74, 6) is 0.273. The molecule has 5 nitrogen and oxygen atoms in total. The van der Waals surface area contributed by atoms with Gasteiger partial charge in [0.2, 0.25) is 0 Å². The van der Waals surface area contributed by atoms with Crippen LogP contribution in [0.15, 0.2) is 9.64 Å². The average Bonchev–Trinajstić information content (AvgIpc) is 2.56. The summed E-state index contributed by atoms with van der Waals surface area (Å²) in [6.45, 7) is 7.85. The topological polar surface area (TPSA) is 75.4 Å². The highest BCUT2D eigenvalue weighted by atomic mass is 32.2. The second kappa shape index (κ2) is 5.55. The van der Waals surface area contributed by atoms with Gasteiger partial charge in [-0.15, -0.1) is 0 Å².